The van der Waals surface area contributed by atoms with Gasteiger partial charge >= 0.3 is 12.1 Å². The van der Waals surface area contributed by atoms with Gasteiger partial charge in [0, 0.05) is 24.4 Å². The maximum Gasteiger partial charge on any atom is 0.407 e. The number of nitrogens with one attached hydrogen (secondary N) is 2. The van der Waals surface area contributed by atoms with Gasteiger partial charge in [0.2, 0.25) is 5.91 Å². The molecular formula is C28H34N2O5. The molecule has 0 aliphatic heterocycles. The van der Waals surface area contributed by atoms with Gasteiger partial charge in [-0.15, -0.1) is 0 Å². The van der Waals surface area contributed by atoms with E-state index in [2.05, 4.69) is 34.9 Å². The number of aliphatic carboxylic acids is 1. The smallest absolute Gasteiger partial charge is 0.407 e. The SMILES string of the molecule is CC(C)(CCC(=O)O)NC(=O)C1(CNC(=O)OCC2c3ccccc3-c3ccccc32)CCCC1. The molecule has 1 fully saturated rings. The quantitative estimate of drug-likeness (QED) is 0.478. The minimum Gasteiger partial charge on any atom is -0.481 e. The lowest BCUT2D eigenvalue weighted by molar-refractivity contribution is -0.138. The summed E-state index contributed by atoms with van der Waals surface area (Å²) in [6, 6.07) is 16.4. The van der Waals surface area contributed by atoms with Crippen LogP contribution in [0.1, 0.15) is 69.4 Å². The van der Waals surface area contributed by atoms with Crippen LogP contribution in [0.25, 0.3) is 11.1 Å². The van der Waals surface area contributed by atoms with Crippen LogP contribution in [0.15, 0.2) is 48.5 Å². The van der Waals surface area contributed by atoms with Gasteiger partial charge in [0.05, 0.1) is 5.41 Å². The van der Waals surface area contributed by atoms with Crippen LogP contribution in [-0.2, 0) is 14.3 Å². The molecule has 0 unspecified atom stereocenters. The zero-order valence-electron chi connectivity index (χ0n) is 20.4. The van der Waals surface area contributed by atoms with Crippen LogP contribution >= 0.6 is 0 Å². The summed E-state index contributed by atoms with van der Waals surface area (Å²) in [4.78, 5) is 36.9. The number of rotatable bonds is 9. The number of hydrogen-bond acceptors (Lipinski definition) is 4. The summed E-state index contributed by atoms with van der Waals surface area (Å²) in [6.45, 7) is 4.08. The van der Waals surface area contributed by atoms with Crippen molar-refractivity contribution in [3.8, 4) is 11.1 Å². The van der Waals surface area contributed by atoms with Gasteiger partial charge in [-0.3, -0.25) is 9.59 Å². The van der Waals surface area contributed by atoms with Crippen molar-refractivity contribution in [2.75, 3.05) is 13.2 Å². The van der Waals surface area contributed by atoms with E-state index in [1.165, 1.54) is 11.1 Å². The van der Waals surface area contributed by atoms with Crippen molar-refractivity contribution in [3.05, 3.63) is 59.7 Å². The third-order valence-electron chi connectivity index (χ3n) is 7.37. The number of hydrogen-bond donors (Lipinski definition) is 3. The number of amides is 2. The van der Waals surface area contributed by atoms with Gasteiger partial charge in [0.25, 0.3) is 0 Å². The molecule has 1 saturated carbocycles. The van der Waals surface area contributed by atoms with Crippen LogP contribution in [0.5, 0.6) is 0 Å². The van der Waals surface area contributed by atoms with E-state index < -0.39 is 23.0 Å². The summed E-state index contributed by atoms with van der Waals surface area (Å²) in [6.07, 6.45) is 2.97. The van der Waals surface area contributed by atoms with Crippen molar-refractivity contribution in [1.29, 1.82) is 0 Å². The van der Waals surface area contributed by atoms with E-state index in [-0.39, 0.29) is 31.4 Å². The number of carboxylic acids is 1. The Kier molecular flexibility index (Phi) is 7.15. The topological polar surface area (TPSA) is 105 Å². The van der Waals surface area contributed by atoms with E-state index >= 15 is 0 Å². The maximum absolute atomic E-state index is 13.2. The Morgan fingerprint density at radius 2 is 1.57 bits per heavy atom. The zero-order chi connectivity index (χ0) is 25.1. The van der Waals surface area contributed by atoms with Crippen LogP contribution in [0.4, 0.5) is 4.79 Å². The first kappa shape index (κ1) is 24.8. The third kappa shape index (κ3) is 5.50. The highest BCUT2D eigenvalue weighted by molar-refractivity contribution is 5.84. The summed E-state index contributed by atoms with van der Waals surface area (Å²) < 4.78 is 5.64. The minimum absolute atomic E-state index is 0.0156. The van der Waals surface area contributed by atoms with Crippen LogP contribution in [0.3, 0.4) is 0 Å². The van der Waals surface area contributed by atoms with Gasteiger partial charge in [-0.25, -0.2) is 4.79 Å². The van der Waals surface area contributed by atoms with Gasteiger partial charge in [-0.05, 0) is 55.4 Å². The van der Waals surface area contributed by atoms with Crippen LogP contribution in [0, 0.1) is 5.41 Å². The molecule has 7 nitrogen and oxygen atoms in total. The Bertz CT molecular complexity index is 1060. The maximum atomic E-state index is 13.2. The van der Waals surface area contributed by atoms with Crippen LogP contribution in [-0.4, -0.2) is 41.8 Å². The van der Waals surface area contributed by atoms with E-state index in [4.69, 9.17) is 9.84 Å². The second-order valence-corrected chi connectivity index (χ2v) is 10.4. The molecule has 0 spiro atoms. The van der Waals surface area contributed by atoms with E-state index in [0.29, 0.717) is 19.3 Å². The van der Waals surface area contributed by atoms with Gasteiger partial charge in [-0.1, -0.05) is 61.4 Å². The molecule has 0 aromatic heterocycles. The summed E-state index contributed by atoms with van der Waals surface area (Å²) in [7, 11) is 0. The fourth-order valence-corrected chi connectivity index (χ4v) is 5.35. The Morgan fingerprint density at radius 3 is 2.14 bits per heavy atom. The fraction of sp³-hybridized carbons (Fsp3) is 0.464. The molecule has 35 heavy (non-hydrogen) atoms. The van der Waals surface area contributed by atoms with Crippen molar-refractivity contribution in [1.82, 2.24) is 10.6 Å². The molecule has 4 rings (SSSR count). The molecule has 0 heterocycles. The summed E-state index contributed by atoms with van der Waals surface area (Å²) in [5, 5.41) is 14.8. The lowest BCUT2D eigenvalue weighted by Gasteiger charge is -2.34. The molecule has 2 aliphatic carbocycles. The average Bonchev–Trinajstić information content (AvgIpc) is 3.44. The molecule has 0 saturated heterocycles. The third-order valence-corrected chi connectivity index (χ3v) is 7.37. The number of carbonyl (C=O) groups is 3. The van der Waals surface area contributed by atoms with Crippen molar-refractivity contribution in [2.45, 2.75) is 63.8 Å². The highest BCUT2D eigenvalue weighted by Crippen LogP contribution is 2.44. The Balaban J connectivity index is 1.36. The molecule has 7 heteroatoms. The number of ether oxygens (including phenoxy) is 1. The zero-order valence-corrected chi connectivity index (χ0v) is 20.4. The number of carbonyl (C=O) groups excluding carboxylic acids is 2. The van der Waals surface area contributed by atoms with Crippen molar-refractivity contribution in [3.63, 3.8) is 0 Å². The highest BCUT2D eigenvalue weighted by Gasteiger charge is 2.43. The van der Waals surface area contributed by atoms with Crippen molar-refractivity contribution in [2.24, 2.45) is 5.41 Å². The van der Waals surface area contributed by atoms with Crippen molar-refractivity contribution < 1.29 is 24.2 Å². The largest absolute Gasteiger partial charge is 0.481 e. The fourth-order valence-electron chi connectivity index (χ4n) is 5.35. The van der Waals surface area contributed by atoms with E-state index in [1.54, 1.807) is 0 Å². The molecule has 0 bridgehead atoms. The molecule has 2 aromatic carbocycles. The first-order valence-corrected chi connectivity index (χ1v) is 12.3. The van der Waals surface area contributed by atoms with Gasteiger partial charge in [-0.2, -0.15) is 0 Å². The predicted octanol–water partition coefficient (Wildman–Crippen LogP) is 4.85. The van der Waals surface area contributed by atoms with Crippen molar-refractivity contribution >= 4 is 18.0 Å². The minimum atomic E-state index is -0.889. The summed E-state index contributed by atoms with van der Waals surface area (Å²) in [5.74, 6) is -1.05. The summed E-state index contributed by atoms with van der Waals surface area (Å²) >= 11 is 0. The second kappa shape index (κ2) is 10.1. The molecule has 2 amide bonds. The molecule has 186 valence electrons. The lowest BCUT2D eigenvalue weighted by Crippen LogP contribution is -2.53. The molecular weight excluding hydrogens is 444 g/mol. The first-order chi connectivity index (χ1) is 16.7. The predicted molar refractivity (Wildman–Crippen MR) is 133 cm³/mol. The van der Waals surface area contributed by atoms with Gasteiger partial charge < -0.3 is 20.5 Å². The Hall–Kier alpha value is -3.35. The monoisotopic (exact) mass is 478 g/mol. The van der Waals surface area contributed by atoms with Gasteiger partial charge in [0.15, 0.2) is 0 Å². The normalized spacial score (nSPS) is 16.3. The first-order valence-electron chi connectivity index (χ1n) is 12.3. The molecule has 3 N–H and O–H groups in total. The molecule has 2 aliphatic rings. The molecule has 2 aromatic rings. The second-order valence-electron chi connectivity index (χ2n) is 10.4. The standard InChI is InChI=1S/C28H34N2O5/c1-27(2,16-13-24(31)32)30-25(33)28(14-7-8-15-28)18-29-26(34)35-17-23-21-11-5-3-9-19(21)20-10-4-6-12-22(20)23/h3-6,9-12,23H,7-8,13-18H2,1-2H3,(H,29,34)(H,30,33)(H,31,32). The lowest BCUT2D eigenvalue weighted by atomic mass is 9.83. The number of carboxylic acid groups (broad SMARTS) is 1. The van der Waals surface area contributed by atoms with Crippen LogP contribution < -0.4 is 10.6 Å². The molecule has 0 radical (unpaired) electrons. The van der Waals surface area contributed by atoms with E-state index in [0.717, 1.165) is 24.0 Å². The van der Waals surface area contributed by atoms with Crippen LogP contribution in [0.2, 0.25) is 0 Å². The number of fused-ring (bicyclic) bond motifs is 3. The highest BCUT2D eigenvalue weighted by atomic mass is 16.5. The summed E-state index contributed by atoms with van der Waals surface area (Å²) in [5.41, 5.74) is 3.29. The molecule has 0 atom stereocenters. The van der Waals surface area contributed by atoms with E-state index in [1.807, 2.05) is 38.1 Å². The number of alkyl carbamates (subject to hydrolysis) is 1. The van der Waals surface area contributed by atoms with Gasteiger partial charge in [0.1, 0.15) is 6.61 Å². The Morgan fingerprint density at radius 1 is 1.00 bits per heavy atom. The average molecular weight is 479 g/mol. The number of benzene rings is 2. The van der Waals surface area contributed by atoms with E-state index in [9.17, 15) is 14.4 Å². The Labute approximate surface area is 206 Å².